The van der Waals surface area contributed by atoms with E-state index < -0.39 is 0 Å². The fourth-order valence-electron chi connectivity index (χ4n) is 3.81. The lowest BCUT2D eigenvalue weighted by atomic mass is 9.85. The first-order chi connectivity index (χ1) is 9.78. The van der Waals surface area contributed by atoms with Crippen molar-refractivity contribution in [3.8, 4) is 0 Å². The molecule has 1 aromatic carbocycles. The van der Waals surface area contributed by atoms with Crippen LogP contribution in [0.3, 0.4) is 0 Å². The Morgan fingerprint density at radius 3 is 2.33 bits per heavy atom. The van der Waals surface area contributed by atoms with Gasteiger partial charge in [-0.05, 0) is 75.2 Å². The summed E-state index contributed by atoms with van der Waals surface area (Å²) >= 11 is 0. The molecule has 1 heterocycles. The summed E-state index contributed by atoms with van der Waals surface area (Å²) in [7, 11) is 0. The molecular weight excluding hydrogens is 256 g/mol. The normalized spacial score (nSPS) is 21.0. The minimum atomic E-state index is 0.131. The molecule has 1 saturated heterocycles. The molecule has 1 fully saturated rings. The molecule has 1 aliphatic rings. The molecule has 1 aromatic rings. The summed E-state index contributed by atoms with van der Waals surface area (Å²) < 4.78 is 0. The molecule has 2 heteroatoms. The Morgan fingerprint density at radius 2 is 1.71 bits per heavy atom. The molecule has 1 unspecified atom stereocenters. The lowest BCUT2D eigenvalue weighted by molar-refractivity contribution is 0.249. The maximum absolute atomic E-state index is 6.55. The highest BCUT2D eigenvalue weighted by Gasteiger charge is 2.24. The van der Waals surface area contributed by atoms with Crippen LogP contribution in [0.5, 0.6) is 0 Å². The van der Waals surface area contributed by atoms with Gasteiger partial charge in [0.15, 0.2) is 0 Å². The maximum Gasteiger partial charge on any atom is 0.0429 e. The first-order valence-corrected chi connectivity index (χ1v) is 8.34. The zero-order chi connectivity index (χ0) is 15.6. The molecule has 0 spiro atoms. The Kier molecular flexibility index (Phi) is 5.11. The van der Waals surface area contributed by atoms with E-state index in [1.807, 2.05) is 0 Å². The third kappa shape index (κ3) is 4.31. The van der Waals surface area contributed by atoms with E-state index in [0.717, 1.165) is 6.54 Å². The summed E-state index contributed by atoms with van der Waals surface area (Å²) in [5, 5.41) is 0. The topological polar surface area (TPSA) is 29.3 Å². The van der Waals surface area contributed by atoms with Gasteiger partial charge in [0.05, 0.1) is 0 Å². The minimum Gasteiger partial charge on any atom is -0.323 e. The summed E-state index contributed by atoms with van der Waals surface area (Å²) in [6, 6.07) is 4.65. The Labute approximate surface area is 130 Å². The van der Waals surface area contributed by atoms with Gasteiger partial charge >= 0.3 is 0 Å². The van der Waals surface area contributed by atoms with Crippen LogP contribution >= 0.6 is 0 Å². The van der Waals surface area contributed by atoms with Crippen LogP contribution in [0.15, 0.2) is 12.1 Å². The Hall–Kier alpha value is -0.860. The van der Waals surface area contributed by atoms with E-state index in [9.17, 15) is 0 Å². The summed E-state index contributed by atoms with van der Waals surface area (Å²) in [5.74, 6) is 0. The predicted octanol–water partition coefficient (Wildman–Crippen LogP) is 4.12. The molecule has 1 aliphatic heterocycles. The van der Waals surface area contributed by atoms with Crippen LogP contribution in [-0.2, 0) is 0 Å². The van der Waals surface area contributed by atoms with Crippen LogP contribution < -0.4 is 5.73 Å². The third-order valence-corrected chi connectivity index (χ3v) is 5.00. The largest absolute Gasteiger partial charge is 0.323 e. The average molecular weight is 288 g/mol. The number of benzene rings is 1. The molecule has 0 aliphatic carbocycles. The lowest BCUT2D eigenvalue weighted by Crippen LogP contribution is -2.34. The van der Waals surface area contributed by atoms with Gasteiger partial charge in [0, 0.05) is 12.6 Å². The number of rotatable bonds is 3. The van der Waals surface area contributed by atoms with Gasteiger partial charge in [-0.25, -0.2) is 0 Å². The number of likely N-dealkylation sites (tertiary alicyclic amines) is 1. The standard InChI is InChI=1S/C19H32N2/c1-14-11-15(2)18(16(3)12-14)17(20)13-21-9-6-7-19(4,5)8-10-21/h11-12,17H,6-10,13,20H2,1-5H3. The highest BCUT2D eigenvalue weighted by atomic mass is 15.1. The predicted molar refractivity (Wildman–Crippen MR) is 91.7 cm³/mol. The van der Waals surface area contributed by atoms with Crippen molar-refractivity contribution in [3.63, 3.8) is 0 Å². The fraction of sp³-hybridized carbons (Fsp3) is 0.684. The molecule has 0 saturated carbocycles. The number of nitrogens with two attached hydrogens (primary N) is 1. The molecule has 21 heavy (non-hydrogen) atoms. The monoisotopic (exact) mass is 288 g/mol. The van der Waals surface area contributed by atoms with E-state index in [1.54, 1.807) is 0 Å². The van der Waals surface area contributed by atoms with Crippen molar-refractivity contribution in [2.24, 2.45) is 11.1 Å². The van der Waals surface area contributed by atoms with Crippen LogP contribution in [0.1, 0.15) is 61.4 Å². The summed E-state index contributed by atoms with van der Waals surface area (Å²) in [4.78, 5) is 2.57. The van der Waals surface area contributed by atoms with Gasteiger partial charge in [-0.3, -0.25) is 0 Å². The minimum absolute atomic E-state index is 0.131. The lowest BCUT2D eigenvalue weighted by Gasteiger charge is -2.27. The zero-order valence-corrected chi connectivity index (χ0v) is 14.5. The van der Waals surface area contributed by atoms with Gasteiger partial charge in [0.2, 0.25) is 0 Å². The van der Waals surface area contributed by atoms with E-state index in [0.29, 0.717) is 5.41 Å². The molecule has 0 amide bonds. The average Bonchev–Trinajstić information content (AvgIpc) is 2.49. The summed E-state index contributed by atoms with van der Waals surface area (Å²) in [6.45, 7) is 14.7. The second-order valence-electron chi connectivity index (χ2n) is 7.74. The zero-order valence-electron chi connectivity index (χ0n) is 14.5. The molecule has 0 bridgehead atoms. The van der Waals surface area contributed by atoms with E-state index in [-0.39, 0.29) is 6.04 Å². The molecule has 2 N–H and O–H groups in total. The van der Waals surface area contributed by atoms with Crippen molar-refractivity contribution in [1.82, 2.24) is 4.90 Å². The number of hydrogen-bond donors (Lipinski definition) is 1. The van der Waals surface area contributed by atoms with E-state index in [1.165, 1.54) is 54.6 Å². The number of nitrogens with zero attached hydrogens (tertiary/aromatic N) is 1. The first-order valence-electron chi connectivity index (χ1n) is 8.34. The van der Waals surface area contributed by atoms with E-state index in [2.05, 4.69) is 51.7 Å². The van der Waals surface area contributed by atoms with E-state index >= 15 is 0 Å². The van der Waals surface area contributed by atoms with Crippen molar-refractivity contribution < 1.29 is 0 Å². The highest BCUT2D eigenvalue weighted by Crippen LogP contribution is 2.30. The molecule has 2 rings (SSSR count). The van der Waals surface area contributed by atoms with Crippen LogP contribution in [0, 0.1) is 26.2 Å². The van der Waals surface area contributed by atoms with Crippen LogP contribution in [0.2, 0.25) is 0 Å². The van der Waals surface area contributed by atoms with Crippen LogP contribution in [0.4, 0.5) is 0 Å². The Bertz CT molecular complexity index is 467. The van der Waals surface area contributed by atoms with Crippen molar-refractivity contribution in [1.29, 1.82) is 0 Å². The van der Waals surface area contributed by atoms with Gasteiger partial charge in [-0.15, -0.1) is 0 Å². The van der Waals surface area contributed by atoms with Gasteiger partial charge in [-0.2, -0.15) is 0 Å². The smallest absolute Gasteiger partial charge is 0.0429 e. The first kappa shape index (κ1) is 16.5. The Balaban J connectivity index is 2.06. The van der Waals surface area contributed by atoms with E-state index in [4.69, 9.17) is 5.73 Å². The second kappa shape index (κ2) is 6.50. The van der Waals surface area contributed by atoms with Gasteiger partial charge in [0.25, 0.3) is 0 Å². The fourth-order valence-corrected chi connectivity index (χ4v) is 3.81. The van der Waals surface area contributed by atoms with Gasteiger partial charge in [0.1, 0.15) is 0 Å². The van der Waals surface area contributed by atoms with Crippen molar-refractivity contribution in [3.05, 3.63) is 34.4 Å². The molecule has 1 atom stereocenters. The molecule has 0 radical (unpaired) electrons. The molecular formula is C19H32N2. The highest BCUT2D eigenvalue weighted by molar-refractivity contribution is 5.39. The van der Waals surface area contributed by atoms with Gasteiger partial charge in [-0.1, -0.05) is 31.5 Å². The SMILES string of the molecule is Cc1cc(C)c(C(N)CN2CCCC(C)(C)CC2)c(C)c1. The van der Waals surface area contributed by atoms with Crippen molar-refractivity contribution in [2.45, 2.75) is 59.9 Å². The third-order valence-electron chi connectivity index (χ3n) is 5.00. The Morgan fingerprint density at radius 1 is 1.10 bits per heavy atom. The van der Waals surface area contributed by atoms with Crippen molar-refractivity contribution in [2.75, 3.05) is 19.6 Å². The molecule has 118 valence electrons. The van der Waals surface area contributed by atoms with Crippen molar-refractivity contribution >= 4 is 0 Å². The number of aryl methyl sites for hydroxylation is 3. The second-order valence-corrected chi connectivity index (χ2v) is 7.74. The summed E-state index contributed by atoms with van der Waals surface area (Å²) in [6.07, 6.45) is 3.92. The molecule has 0 aromatic heterocycles. The molecule has 2 nitrogen and oxygen atoms in total. The maximum atomic E-state index is 6.55. The van der Waals surface area contributed by atoms with Crippen LogP contribution in [0.25, 0.3) is 0 Å². The summed E-state index contributed by atoms with van der Waals surface area (Å²) in [5.41, 5.74) is 12.4. The quantitative estimate of drug-likeness (QED) is 0.906. The van der Waals surface area contributed by atoms with Gasteiger partial charge < -0.3 is 10.6 Å². The van der Waals surface area contributed by atoms with Crippen LogP contribution in [-0.4, -0.2) is 24.5 Å². The number of hydrogen-bond acceptors (Lipinski definition) is 2.